The van der Waals surface area contributed by atoms with Gasteiger partial charge >= 0.3 is 0 Å². The van der Waals surface area contributed by atoms with Crippen LogP contribution in [0.4, 0.5) is 5.82 Å². The number of piperidine rings is 1. The lowest BCUT2D eigenvalue weighted by Gasteiger charge is -2.45. The smallest absolute Gasteiger partial charge is 0.146 e. The molecule has 0 amide bonds. The summed E-state index contributed by atoms with van der Waals surface area (Å²) in [5.41, 5.74) is 10.1. The van der Waals surface area contributed by atoms with E-state index in [-0.39, 0.29) is 0 Å². The number of benzene rings is 2. The lowest BCUT2D eigenvalue weighted by atomic mass is 9.67. The summed E-state index contributed by atoms with van der Waals surface area (Å²) in [5, 5.41) is 0.948. The molecule has 180 valence electrons. The minimum absolute atomic E-state index is 0.450. The van der Waals surface area contributed by atoms with Gasteiger partial charge in [0.1, 0.15) is 29.3 Å². The summed E-state index contributed by atoms with van der Waals surface area (Å²) in [4.78, 5) is 11.5. The molecular formula is C29H33N5O. The molecule has 1 aliphatic heterocycles. The topological polar surface area (TPSA) is 69.2 Å². The number of likely N-dealkylation sites (tertiary alicyclic amines) is 1. The molecule has 2 N–H and O–H groups in total. The summed E-state index contributed by atoms with van der Waals surface area (Å²) in [5.74, 6) is 2.17. The van der Waals surface area contributed by atoms with E-state index >= 15 is 0 Å². The number of nitrogen functional groups attached to an aromatic ring is 1. The minimum atomic E-state index is 0.450. The van der Waals surface area contributed by atoms with Crippen LogP contribution in [0, 0.1) is 5.41 Å². The molecule has 0 radical (unpaired) electrons. The van der Waals surface area contributed by atoms with Gasteiger partial charge in [-0.1, -0.05) is 30.3 Å². The number of hydrogen-bond acceptors (Lipinski definition) is 5. The number of anilines is 1. The number of aromatic nitrogens is 3. The van der Waals surface area contributed by atoms with Gasteiger partial charge in [0.15, 0.2) is 0 Å². The molecule has 1 spiro atoms. The van der Waals surface area contributed by atoms with E-state index in [1.54, 1.807) is 6.33 Å². The van der Waals surface area contributed by atoms with Gasteiger partial charge < -0.3 is 19.9 Å². The molecule has 2 aromatic heterocycles. The molecule has 3 heterocycles. The zero-order valence-electron chi connectivity index (χ0n) is 20.4. The standard InChI is InChI=1S/C29H33N5O/c1-33-17-15-29(16-18-33)13-11-22(12-14-29)34-19-25(26-27(30)31-20-32-28(26)34)21-7-9-24(10-8-21)35-23-5-3-2-4-6-23/h2-10,19-20,22H,11-18H2,1H3,(H2,30,31,32). The number of hydrogen-bond donors (Lipinski definition) is 1. The van der Waals surface area contributed by atoms with Crippen molar-refractivity contribution in [3.8, 4) is 22.6 Å². The van der Waals surface area contributed by atoms with Crippen LogP contribution in [0.5, 0.6) is 11.5 Å². The van der Waals surface area contributed by atoms with Gasteiger partial charge in [0, 0.05) is 17.8 Å². The zero-order chi connectivity index (χ0) is 23.8. The number of fused-ring (bicyclic) bond motifs is 1. The first kappa shape index (κ1) is 22.1. The highest BCUT2D eigenvalue weighted by atomic mass is 16.5. The van der Waals surface area contributed by atoms with Gasteiger partial charge in [-0.3, -0.25) is 0 Å². The second-order valence-corrected chi connectivity index (χ2v) is 10.4. The van der Waals surface area contributed by atoms with Crippen molar-refractivity contribution >= 4 is 16.9 Å². The van der Waals surface area contributed by atoms with E-state index < -0.39 is 0 Å². The van der Waals surface area contributed by atoms with Crippen LogP contribution in [-0.2, 0) is 0 Å². The fourth-order valence-electron chi connectivity index (χ4n) is 6.02. The Labute approximate surface area is 206 Å². The number of nitrogens with two attached hydrogens (primary N) is 1. The Kier molecular flexibility index (Phi) is 5.69. The summed E-state index contributed by atoms with van der Waals surface area (Å²) in [6.45, 7) is 2.46. The number of para-hydroxylation sites is 1. The number of ether oxygens (including phenoxy) is 1. The van der Waals surface area contributed by atoms with Gasteiger partial charge in [-0.15, -0.1) is 0 Å². The van der Waals surface area contributed by atoms with Crippen LogP contribution in [-0.4, -0.2) is 39.6 Å². The highest BCUT2D eigenvalue weighted by Crippen LogP contribution is 2.48. The summed E-state index contributed by atoms with van der Waals surface area (Å²) >= 11 is 0. The van der Waals surface area contributed by atoms with Gasteiger partial charge in [-0.2, -0.15) is 0 Å². The highest BCUT2D eigenvalue weighted by molar-refractivity contribution is 6.00. The van der Waals surface area contributed by atoms with Crippen LogP contribution in [0.15, 0.2) is 67.1 Å². The van der Waals surface area contributed by atoms with Crippen molar-refractivity contribution < 1.29 is 4.74 Å². The quantitative estimate of drug-likeness (QED) is 0.381. The summed E-state index contributed by atoms with van der Waals surface area (Å²) in [6.07, 6.45) is 11.5. The molecule has 0 unspecified atom stereocenters. The Bertz CT molecular complexity index is 1300. The molecule has 6 rings (SSSR count). The van der Waals surface area contributed by atoms with Gasteiger partial charge in [-0.05, 0) is 93.9 Å². The fraction of sp³-hybridized carbons (Fsp3) is 0.379. The van der Waals surface area contributed by atoms with E-state index in [0.717, 1.165) is 33.7 Å². The van der Waals surface area contributed by atoms with Crippen molar-refractivity contribution in [1.29, 1.82) is 0 Å². The first-order chi connectivity index (χ1) is 17.1. The SMILES string of the molecule is CN1CCC2(CCC(n3cc(-c4ccc(Oc5ccccc5)cc4)c4c(N)ncnc43)CC2)CC1. The first-order valence-corrected chi connectivity index (χ1v) is 12.7. The Hall–Kier alpha value is -3.38. The Morgan fingerprint density at radius 3 is 2.29 bits per heavy atom. The van der Waals surface area contributed by atoms with Crippen molar-refractivity contribution in [1.82, 2.24) is 19.4 Å². The predicted molar refractivity (Wildman–Crippen MR) is 141 cm³/mol. The summed E-state index contributed by atoms with van der Waals surface area (Å²) in [6, 6.07) is 18.5. The number of rotatable bonds is 4. The molecule has 6 heteroatoms. The van der Waals surface area contributed by atoms with Crippen LogP contribution in [0.3, 0.4) is 0 Å². The second-order valence-electron chi connectivity index (χ2n) is 10.4. The normalized spacial score (nSPS) is 18.8. The molecule has 1 saturated heterocycles. The molecule has 1 saturated carbocycles. The molecule has 0 bridgehead atoms. The lowest BCUT2D eigenvalue weighted by molar-refractivity contribution is 0.0652. The third kappa shape index (κ3) is 4.27. The van der Waals surface area contributed by atoms with E-state index in [2.05, 4.69) is 39.8 Å². The van der Waals surface area contributed by atoms with E-state index in [1.807, 2.05) is 42.5 Å². The molecule has 1 aliphatic carbocycles. The van der Waals surface area contributed by atoms with Crippen LogP contribution in [0.25, 0.3) is 22.2 Å². The van der Waals surface area contributed by atoms with Gasteiger partial charge in [0.2, 0.25) is 0 Å². The Morgan fingerprint density at radius 1 is 0.886 bits per heavy atom. The molecule has 2 aromatic carbocycles. The lowest BCUT2D eigenvalue weighted by Crippen LogP contribution is -2.40. The largest absolute Gasteiger partial charge is 0.457 e. The minimum Gasteiger partial charge on any atom is -0.457 e. The third-order valence-electron chi connectivity index (χ3n) is 8.24. The molecule has 0 atom stereocenters. The van der Waals surface area contributed by atoms with Crippen LogP contribution >= 0.6 is 0 Å². The van der Waals surface area contributed by atoms with Gasteiger partial charge in [0.25, 0.3) is 0 Å². The monoisotopic (exact) mass is 467 g/mol. The molecule has 2 fully saturated rings. The van der Waals surface area contributed by atoms with E-state index in [4.69, 9.17) is 15.5 Å². The molecule has 4 aromatic rings. The average Bonchev–Trinajstić information content (AvgIpc) is 3.29. The van der Waals surface area contributed by atoms with Crippen LogP contribution in [0.2, 0.25) is 0 Å². The maximum Gasteiger partial charge on any atom is 0.146 e. The maximum atomic E-state index is 6.40. The number of nitrogens with zero attached hydrogens (tertiary/aromatic N) is 4. The van der Waals surface area contributed by atoms with Crippen LogP contribution in [0.1, 0.15) is 44.6 Å². The van der Waals surface area contributed by atoms with E-state index in [0.29, 0.717) is 17.3 Å². The Balaban J connectivity index is 1.28. The van der Waals surface area contributed by atoms with Crippen molar-refractivity contribution in [2.75, 3.05) is 25.9 Å². The average molecular weight is 468 g/mol. The van der Waals surface area contributed by atoms with E-state index in [1.165, 1.54) is 51.6 Å². The first-order valence-electron chi connectivity index (χ1n) is 12.7. The molecular weight excluding hydrogens is 434 g/mol. The second kappa shape index (κ2) is 9.00. The van der Waals surface area contributed by atoms with Crippen LogP contribution < -0.4 is 10.5 Å². The summed E-state index contributed by atoms with van der Waals surface area (Å²) in [7, 11) is 2.25. The Morgan fingerprint density at radius 2 is 1.57 bits per heavy atom. The zero-order valence-corrected chi connectivity index (χ0v) is 20.4. The highest BCUT2D eigenvalue weighted by Gasteiger charge is 2.38. The van der Waals surface area contributed by atoms with Crippen molar-refractivity contribution in [3.05, 3.63) is 67.1 Å². The molecule has 2 aliphatic rings. The molecule has 6 nitrogen and oxygen atoms in total. The predicted octanol–water partition coefficient (Wildman–Crippen LogP) is 6.30. The van der Waals surface area contributed by atoms with Crippen molar-refractivity contribution in [3.63, 3.8) is 0 Å². The van der Waals surface area contributed by atoms with Gasteiger partial charge in [0.05, 0.1) is 5.39 Å². The third-order valence-corrected chi connectivity index (χ3v) is 8.24. The maximum absolute atomic E-state index is 6.40. The fourth-order valence-corrected chi connectivity index (χ4v) is 6.02. The summed E-state index contributed by atoms with van der Waals surface area (Å²) < 4.78 is 8.36. The van der Waals surface area contributed by atoms with Crippen molar-refractivity contribution in [2.45, 2.75) is 44.6 Å². The molecule has 35 heavy (non-hydrogen) atoms. The van der Waals surface area contributed by atoms with E-state index in [9.17, 15) is 0 Å². The van der Waals surface area contributed by atoms with Crippen molar-refractivity contribution in [2.24, 2.45) is 5.41 Å². The van der Waals surface area contributed by atoms with Gasteiger partial charge in [-0.25, -0.2) is 9.97 Å².